The molecule has 2 unspecified atom stereocenters. The summed E-state index contributed by atoms with van der Waals surface area (Å²) < 4.78 is 37.2. The molecule has 2 atom stereocenters. The van der Waals surface area contributed by atoms with Gasteiger partial charge >= 0.3 is 0 Å². The second-order valence-corrected chi connectivity index (χ2v) is 6.94. The van der Waals surface area contributed by atoms with Crippen molar-refractivity contribution in [3.05, 3.63) is 0 Å². The van der Waals surface area contributed by atoms with Gasteiger partial charge in [0.2, 0.25) is 10.0 Å². The summed E-state index contributed by atoms with van der Waals surface area (Å²) in [6, 6.07) is 0.0841. The van der Waals surface area contributed by atoms with Crippen molar-refractivity contribution in [1.29, 1.82) is 0 Å². The van der Waals surface area contributed by atoms with Gasteiger partial charge in [0, 0.05) is 32.7 Å². The van der Waals surface area contributed by atoms with Crippen LogP contribution in [0.2, 0.25) is 0 Å². The van der Waals surface area contributed by atoms with Crippen molar-refractivity contribution >= 4 is 10.0 Å². The van der Waals surface area contributed by atoms with Gasteiger partial charge in [-0.3, -0.25) is 0 Å². The van der Waals surface area contributed by atoms with Crippen molar-refractivity contribution in [3.8, 4) is 0 Å². The van der Waals surface area contributed by atoms with Crippen LogP contribution in [0.1, 0.15) is 19.3 Å². The first kappa shape index (κ1) is 14.2. The Hall–Kier alpha value is -0.210. The Bertz CT molecular complexity index is 359. The van der Waals surface area contributed by atoms with Crippen LogP contribution >= 0.6 is 0 Å². The monoisotopic (exact) mass is 278 g/mol. The minimum absolute atomic E-state index is 0.0841. The molecule has 0 radical (unpaired) electrons. The highest BCUT2D eigenvalue weighted by molar-refractivity contribution is 7.89. The van der Waals surface area contributed by atoms with E-state index in [4.69, 9.17) is 9.47 Å². The Balaban J connectivity index is 1.83. The number of methoxy groups -OCH3 is 1. The molecule has 0 saturated carbocycles. The van der Waals surface area contributed by atoms with Crippen LogP contribution in [-0.4, -0.2) is 59.2 Å². The molecule has 2 aliphatic heterocycles. The van der Waals surface area contributed by atoms with E-state index in [1.807, 2.05) is 0 Å². The topological polar surface area (TPSA) is 76.7 Å². The molecule has 2 fully saturated rings. The zero-order chi connectivity index (χ0) is 13.1. The molecule has 2 saturated heterocycles. The largest absolute Gasteiger partial charge is 0.378 e. The summed E-state index contributed by atoms with van der Waals surface area (Å²) in [7, 11) is -1.65. The summed E-state index contributed by atoms with van der Waals surface area (Å²) >= 11 is 0. The third-order valence-corrected chi connectivity index (χ3v) is 5.12. The summed E-state index contributed by atoms with van der Waals surface area (Å²) in [6.45, 7) is 2.28. The van der Waals surface area contributed by atoms with Gasteiger partial charge in [0.05, 0.1) is 12.4 Å². The van der Waals surface area contributed by atoms with Crippen LogP contribution in [0.15, 0.2) is 0 Å². The normalized spacial score (nSPS) is 33.1. The lowest BCUT2D eigenvalue weighted by Gasteiger charge is -2.26. The fourth-order valence-corrected chi connectivity index (χ4v) is 3.84. The number of nitrogens with one attached hydrogen (secondary N) is 2. The number of hydrogen-bond donors (Lipinski definition) is 2. The lowest BCUT2D eigenvalue weighted by Crippen LogP contribution is -2.47. The average molecular weight is 278 g/mol. The Labute approximate surface area is 108 Å². The third-order valence-electron chi connectivity index (χ3n) is 3.70. The van der Waals surface area contributed by atoms with E-state index in [-0.39, 0.29) is 11.8 Å². The van der Waals surface area contributed by atoms with E-state index in [0.29, 0.717) is 19.8 Å². The minimum Gasteiger partial charge on any atom is -0.378 e. The molecule has 0 aromatic heterocycles. The van der Waals surface area contributed by atoms with Crippen molar-refractivity contribution in [2.75, 3.05) is 39.2 Å². The van der Waals surface area contributed by atoms with Crippen molar-refractivity contribution in [3.63, 3.8) is 0 Å². The van der Waals surface area contributed by atoms with Gasteiger partial charge in [0.1, 0.15) is 5.60 Å². The summed E-state index contributed by atoms with van der Waals surface area (Å²) in [5, 5.41) is 3.19. The molecule has 18 heavy (non-hydrogen) atoms. The molecule has 2 aliphatic rings. The maximum absolute atomic E-state index is 12.0. The Morgan fingerprint density at radius 3 is 2.94 bits per heavy atom. The fraction of sp³-hybridized carbons (Fsp3) is 1.00. The highest BCUT2D eigenvalue weighted by Gasteiger charge is 2.36. The zero-order valence-electron chi connectivity index (χ0n) is 10.8. The van der Waals surface area contributed by atoms with Crippen LogP contribution in [0, 0.1) is 0 Å². The molecule has 0 aliphatic carbocycles. The van der Waals surface area contributed by atoms with Crippen molar-refractivity contribution < 1.29 is 17.9 Å². The first-order valence-electron chi connectivity index (χ1n) is 6.39. The molecule has 0 aromatic rings. The van der Waals surface area contributed by atoms with E-state index in [2.05, 4.69) is 10.0 Å². The zero-order valence-corrected chi connectivity index (χ0v) is 11.6. The summed E-state index contributed by atoms with van der Waals surface area (Å²) in [5.74, 6) is 0.146. The number of hydrogen-bond acceptors (Lipinski definition) is 5. The SMILES string of the molecule is COC1(CNS(=O)(=O)CC2CCCN2)CCOC1. The Kier molecular flexibility index (Phi) is 4.60. The molecule has 106 valence electrons. The number of sulfonamides is 1. The average Bonchev–Trinajstić information content (AvgIpc) is 2.97. The lowest BCUT2D eigenvalue weighted by atomic mass is 10.0. The Morgan fingerprint density at radius 1 is 1.56 bits per heavy atom. The molecular formula is C11H22N2O4S. The van der Waals surface area contributed by atoms with E-state index in [9.17, 15) is 8.42 Å². The fourth-order valence-electron chi connectivity index (χ4n) is 2.43. The van der Waals surface area contributed by atoms with Crippen LogP contribution in [0.4, 0.5) is 0 Å². The molecule has 0 aromatic carbocycles. The van der Waals surface area contributed by atoms with E-state index in [1.165, 1.54) is 0 Å². The van der Waals surface area contributed by atoms with E-state index >= 15 is 0 Å². The maximum Gasteiger partial charge on any atom is 0.213 e. The van der Waals surface area contributed by atoms with Gasteiger partial charge in [-0.05, 0) is 19.4 Å². The summed E-state index contributed by atoms with van der Waals surface area (Å²) in [5.41, 5.74) is -0.490. The minimum atomic E-state index is -3.25. The highest BCUT2D eigenvalue weighted by Crippen LogP contribution is 2.21. The van der Waals surface area contributed by atoms with Gasteiger partial charge in [-0.1, -0.05) is 0 Å². The molecule has 7 heteroatoms. The Morgan fingerprint density at radius 2 is 2.39 bits per heavy atom. The molecule has 0 bridgehead atoms. The summed E-state index contributed by atoms with van der Waals surface area (Å²) in [6.07, 6.45) is 2.71. The van der Waals surface area contributed by atoms with Crippen LogP contribution in [0.25, 0.3) is 0 Å². The molecular weight excluding hydrogens is 256 g/mol. The number of rotatable bonds is 6. The van der Waals surface area contributed by atoms with Crippen LogP contribution in [-0.2, 0) is 19.5 Å². The predicted octanol–water partition coefficient (Wildman–Crippen LogP) is -0.537. The summed E-state index contributed by atoms with van der Waals surface area (Å²) in [4.78, 5) is 0. The van der Waals surface area contributed by atoms with Gasteiger partial charge in [-0.15, -0.1) is 0 Å². The van der Waals surface area contributed by atoms with Crippen LogP contribution < -0.4 is 10.0 Å². The van der Waals surface area contributed by atoms with Gasteiger partial charge in [0.25, 0.3) is 0 Å². The molecule has 0 amide bonds. The molecule has 2 rings (SSSR count). The lowest BCUT2D eigenvalue weighted by molar-refractivity contribution is -0.0120. The standard InChI is InChI=1S/C11H22N2O4S/c1-16-11(4-6-17-9-11)8-13-18(14,15)7-10-3-2-5-12-10/h10,12-13H,2-9H2,1H3. The first-order chi connectivity index (χ1) is 8.55. The van der Waals surface area contributed by atoms with Gasteiger partial charge in [-0.2, -0.15) is 0 Å². The predicted molar refractivity (Wildman–Crippen MR) is 68.0 cm³/mol. The van der Waals surface area contributed by atoms with Crippen molar-refractivity contribution in [1.82, 2.24) is 10.0 Å². The van der Waals surface area contributed by atoms with Gasteiger partial charge in [-0.25, -0.2) is 13.1 Å². The maximum atomic E-state index is 12.0. The quantitative estimate of drug-likeness (QED) is 0.682. The second-order valence-electron chi connectivity index (χ2n) is 5.09. The smallest absolute Gasteiger partial charge is 0.213 e. The molecule has 2 heterocycles. The van der Waals surface area contributed by atoms with Gasteiger partial charge < -0.3 is 14.8 Å². The molecule has 2 N–H and O–H groups in total. The molecule has 6 nitrogen and oxygen atoms in total. The van der Waals surface area contributed by atoms with Gasteiger partial charge in [0.15, 0.2) is 0 Å². The van der Waals surface area contributed by atoms with Crippen molar-refractivity contribution in [2.45, 2.75) is 30.9 Å². The highest BCUT2D eigenvalue weighted by atomic mass is 32.2. The van der Waals surface area contributed by atoms with Crippen LogP contribution in [0.5, 0.6) is 0 Å². The third kappa shape index (κ3) is 3.64. The van der Waals surface area contributed by atoms with E-state index in [0.717, 1.165) is 25.8 Å². The number of ether oxygens (including phenoxy) is 2. The first-order valence-corrected chi connectivity index (χ1v) is 8.04. The molecule has 0 spiro atoms. The van der Waals surface area contributed by atoms with Crippen LogP contribution in [0.3, 0.4) is 0 Å². The second kappa shape index (κ2) is 5.83. The van der Waals surface area contributed by atoms with Crippen molar-refractivity contribution in [2.24, 2.45) is 0 Å². The van der Waals surface area contributed by atoms with E-state index in [1.54, 1.807) is 7.11 Å². The van der Waals surface area contributed by atoms with E-state index < -0.39 is 15.6 Å².